The summed E-state index contributed by atoms with van der Waals surface area (Å²) in [6.45, 7) is 4.81. The van der Waals surface area contributed by atoms with Gasteiger partial charge in [0.05, 0.1) is 27.4 Å². The van der Waals surface area contributed by atoms with Gasteiger partial charge in [0.2, 0.25) is 0 Å². The third-order valence-electron chi connectivity index (χ3n) is 7.04. The Morgan fingerprint density at radius 3 is 2.37 bits per heavy atom. The number of benzene rings is 1. The van der Waals surface area contributed by atoms with Gasteiger partial charge < -0.3 is 19.4 Å². The first kappa shape index (κ1) is 22.4. The lowest BCUT2D eigenvalue weighted by molar-refractivity contribution is -0.757. The predicted octanol–water partition coefficient (Wildman–Crippen LogP) is 4.30. The molecule has 0 aromatic heterocycles. The van der Waals surface area contributed by atoms with E-state index >= 15 is 0 Å². The van der Waals surface area contributed by atoms with Gasteiger partial charge in [-0.2, -0.15) is 0 Å². The maximum absolute atomic E-state index is 10.2. The van der Waals surface area contributed by atoms with Crippen molar-refractivity contribution < 1.29 is 24.5 Å². The van der Waals surface area contributed by atoms with Gasteiger partial charge >= 0.3 is 0 Å². The minimum atomic E-state index is -0.748. The van der Waals surface area contributed by atoms with Crippen molar-refractivity contribution in [2.45, 2.75) is 51.9 Å². The highest BCUT2D eigenvalue weighted by molar-refractivity contribution is 5.54. The number of aliphatic hydroxyl groups excluding tert-OH is 1. The molecule has 0 spiro atoms. The van der Waals surface area contributed by atoms with Crippen LogP contribution in [0.4, 0.5) is 0 Å². The molecule has 4 rings (SSSR count). The Morgan fingerprint density at radius 1 is 1.17 bits per heavy atom. The van der Waals surface area contributed by atoms with E-state index in [2.05, 4.69) is 36.9 Å². The largest absolute Gasteiger partial charge is 0.496 e. The van der Waals surface area contributed by atoms with E-state index in [1.165, 1.54) is 0 Å². The van der Waals surface area contributed by atoms with Crippen LogP contribution in [0.2, 0.25) is 0 Å². The number of nitrogens with zero attached hydrogens (tertiary/aromatic N) is 1. The van der Waals surface area contributed by atoms with Crippen LogP contribution in [0, 0.1) is 27.4 Å². The highest BCUT2D eigenvalue weighted by Crippen LogP contribution is 2.65. The summed E-state index contributed by atoms with van der Waals surface area (Å²) in [6, 6.07) is 4.16. The minimum absolute atomic E-state index is 0.0974. The molecule has 166 valence electrons. The molecule has 7 heteroatoms. The number of methoxy groups -OCH3 is 2. The van der Waals surface area contributed by atoms with Crippen LogP contribution in [0.1, 0.15) is 56.6 Å². The van der Waals surface area contributed by atoms with Crippen molar-refractivity contribution in [2.24, 2.45) is 17.3 Å². The molecule has 0 aliphatic heterocycles. The molecule has 1 fully saturated rings. The fourth-order valence-corrected chi connectivity index (χ4v) is 5.32. The highest BCUT2D eigenvalue weighted by atomic mass is 16.9. The maximum Gasteiger partial charge on any atom is 0.294 e. The fraction of sp³-hybridized carbons (Fsp3) is 0.652. The van der Waals surface area contributed by atoms with E-state index in [1.807, 2.05) is 0 Å². The number of hydrogen-bond donors (Lipinski definition) is 1. The van der Waals surface area contributed by atoms with Gasteiger partial charge in [0, 0.05) is 11.5 Å². The average molecular weight is 420 g/mol. The van der Waals surface area contributed by atoms with Crippen LogP contribution in [0.25, 0.3) is 0 Å². The predicted molar refractivity (Wildman–Crippen MR) is 113 cm³/mol. The lowest BCUT2D eigenvalue weighted by atomic mass is 9.45. The molecule has 0 unspecified atom stereocenters. The lowest BCUT2D eigenvalue weighted by Crippen LogP contribution is -2.51. The molecule has 1 saturated carbocycles. The van der Waals surface area contributed by atoms with Crippen LogP contribution in [-0.4, -0.2) is 37.6 Å². The van der Waals surface area contributed by atoms with Crippen molar-refractivity contribution in [1.29, 1.82) is 0 Å². The van der Waals surface area contributed by atoms with E-state index in [0.717, 1.165) is 53.9 Å². The van der Waals surface area contributed by atoms with E-state index in [9.17, 15) is 15.2 Å². The zero-order valence-electron chi connectivity index (χ0n) is 18.3. The number of hydrogen-bond acceptors (Lipinski definition) is 6. The molecule has 0 heterocycles. The summed E-state index contributed by atoms with van der Waals surface area (Å²) >= 11 is 0. The molecule has 1 aromatic carbocycles. The third-order valence-corrected chi connectivity index (χ3v) is 7.04. The molecule has 0 radical (unpaired) electrons. The van der Waals surface area contributed by atoms with Crippen molar-refractivity contribution in [3.8, 4) is 11.5 Å². The van der Waals surface area contributed by atoms with E-state index in [-0.39, 0.29) is 24.5 Å². The second-order valence-corrected chi connectivity index (χ2v) is 8.92. The monoisotopic (exact) mass is 419 g/mol. The normalized spacial score (nSPS) is 23.9. The Balaban J connectivity index is 1.78. The standard InChI is InChI=1S/C23H33NO6/c1-23(2)18-13-19(23)17(12-16(18)14-25)22-20(28-3)10-15(11-21(22)29-4)8-6-5-7-9-30-24(26)27/h10-12,17-19,25H,5-9,13-14H2,1-4H3/t17-,18+,19-/m0/s1. The Morgan fingerprint density at radius 2 is 1.83 bits per heavy atom. The molecule has 3 aliphatic carbocycles. The van der Waals surface area contributed by atoms with Crippen molar-refractivity contribution in [3.05, 3.63) is 45.0 Å². The molecule has 1 N–H and O–H groups in total. The molecule has 3 atom stereocenters. The summed E-state index contributed by atoms with van der Waals surface area (Å²) in [5.74, 6) is 2.75. The van der Waals surface area contributed by atoms with Crippen LogP contribution >= 0.6 is 0 Å². The van der Waals surface area contributed by atoms with E-state index < -0.39 is 5.09 Å². The van der Waals surface area contributed by atoms with Crippen LogP contribution in [0.3, 0.4) is 0 Å². The third kappa shape index (κ3) is 4.26. The van der Waals surface area contributed by atoms with Crippen molar-refractivity contribution in [1.82, 2.24) is 0 Å². The summed E-state index contributed by atoms with van der Waals surface area (Å²) in [7, 11) is 3.37. The number of ether oxygens (including phenoxy) is 2. The molecule has 0 saturated heterocycles. The molecule has 7 nitrogen and oxygen atoms in total. The number of rotatable bonds is 11. The molecular weight excluding hydrogens is 386 g/mol. The summed E-state index contributed by atoms with van der Waals surface area (Å²) in [5.41, 5.74) is 3.45. The van der Waals surface area contributed by atoms with Crippen molar-refractivity contribution in [2.75, 3.05) is 27.4 Å². The molecule has 30 heavy (non-hydrogen) atoms. The van der Waals surface area contributed by atoms with E-state index in [4.69, 9.17) is 9.47 Å². The second-order valence-electron chi connectivity index (χ2n) is 8.92. The van der Waals surface area contributed by atoms with Crippen molar-refractivity contribution >= 4 is 0 Å². The number of aryl methyl sites for hydroxylation is 1. The fourth-order valence-electron chi connectivity index (χ4n) is 5.32. The van der Waals surface area contributed by atoms with Crippen LogP contribution in [0.15, 0.2) is 23.8 Å². The van der Waals surface area contributed by atoms with Crippen molar-refractivity contribution in [3.63, 3.8) is 0 Å². The zero-order chi connectivity index (χ0) is 21.9. The van der Waals surface area contributed by atoms with E-state index in [0.29, 0.717) is 18.3 Å². The minimum Gasteiger partial charge on any atom is -0.496 e. The summed E-state index contributed by atoms with van der Waals surface area (Å²) in [5, 5.41) is 19.3. The molecule has 1 aromatic rings. The first-order valence-corrected chi connectivity index (χ1v) is 10.7. The SMILES string of the molecule is COc1cc(CCCCCO[N+](=O)[O-])cc(OC)c1[C@H]1C=C(CO)[C@H]2C[C@@H]1C2(C)C. The van der Waals surface area contributed by atoms with Gasteiger partial charge in [0.15, 0.2) is 0 Å². The zero-order valence-corrected chi connectivity index (χ0v) is 18.3. The Labute approximate surface area is 178 Å². The first-order chi connectivity index (χ1) is 14.3. The Kier molecular flexibility index (Phi) is 6.91. The average Bonchev–Trinajstić information content (AvgIpc) is 2.74. The van der Waals surface area contributed by atoms with Gasteiger partial charge in [-0.15, -0.1) is 10.1 Å². The second kappa shape index (κ2) is 9.25. The molecule has 0 amide bonds. The smallest absolute Gasteiger partial charge is 0.294 e. The van der Waals surface area contributed by atoms with E-state index in [1.54, 1.807) is 14.2 Å². The summed E-state index contributed by atoms with van der Waals surface area (Å²) in [6.07, 6.45) is 6.56. The van der Waals surface area contributed by atoms with Gasteiger partial charge in [-0.25, -0.2) is 0 Å². The number of aliphatic hydroxyl groups is 1. The van der Waals surface area contributed by atoms with Crippen LogP contribution in [0.5, 0.6) is 11.5 Å². The van der Waals surface area contributed by atoms with Gasteiger partial charge in [-0.3, -0.25) is 0 Å². The highest BCUT2D eigenvalue weighted by Gasteiger charge is 2.56. The number of fused-ring (bicyclic) bond motifs is 1. The molecular formula is C23H33NO6. The molecule has 3 aliphatic rings. The van der Waals surface area contributed by atoms with Gasteiger partial charge in [-0.05, 0) is 66.2 Å². The number of unbranched alkanes of at least 4 members (excludes halogenated alkanes) is 2. The molecule has 2 bridgehead atoms. The maximum atomic E-state index is 10.2. The summed E-state index contributed by atoms with van der Waals surface area (Å²) < 4.78 is 11.6. The topological polar surface area (TPSA) is 91.1 Å². The lowest BCUT2D eigenvalue weighted by Gasteiger charge is -2.59. The quantitative estimate of drug-likeness (QED) is 0.249. The van der Waals surface area contributed by atoms with Crippen LogP contribution < -0.4 is 9.47 Å². The van der Waals surface area contributed by atoms with Gasteiger partial charge in [0.1, 0.15) is 11.5 Å². The first-order valence-electron chi connectivity index (χ1n) is 10.7. The number of allylic oxidation sites excluding steroid dienone is 1. The van der Waals surface area contributed by atoms with Gasteiger partial charge in [-0.1, -0.05) is 26.3 Å². The summed E-state index contributed by atoms with van der Waals surface area (Å²) in [4.78, 5) is 14.6. The Hall–Kier alpha value is -2.28. The van der Waals surface area contributed by atoms with Gasteiger partial charge in [0.25, 0.3) is 5.09 Å². The Bertz CT molecular complexity index is 778. The van der Waals surface area contributed by atoms with Crippen LogP contribution in [-0.2, 0) is 11.3 Å².